The molecule has 0 fully saturated rings. The Morgan fingerprint density at radius 3 is 2.62 bits per heavy atom. The summed E-state index contributed by atoms with van der Waals surface area (Å²) >= 11 is 0. The van der Waals surface area contributed by atoms with E-state index in [2.05, 4.69) is 17.1 Å². The topological polar surface area (TPSA) is 71.1 Å². The highest BCUT2D eigenvalue weighted by Gasteiger charge is 2.28. The van der Waals surface area contributed by atoms with E-state index in [9.17, 15) is 14.0 Å². The van der Waals surface area contributed by atoms with Crippen LogP contribution >= 0.6 is 0 Å². The van der Waals surface area contributed by atoms with Gasteiger partial charge in [-0.25, -0.2) is 4.39 Å². The fourth-order valence-corrected chi connectivity index (χ4v) is 4.20. The van der Waals surface area contributed by atoms with Crippen LogP contribution in [0.25, 0.3) is 0 Å². The van der Waals surface area contributed by atoms with Crippen LogP contribution < -0.4 is 10.1 Å². The molecule has 2 aromatic rings. The summed E-state index contributed by atoms with van der Waals surface area (Å²) in [4.78, 5) is 28.6. The zero-order valence-corrected chi connectivity index (χ0v) is 20.5. The summed E-state index contributed by atoms with van der Waals surface area (Å²) in [5, 5.41) is 2.72. The van der Waals surface area contributed by atoms with Crippen molar-refractivity contribution in [3.8, 4) is 5.75 Å². The maximum atomic E-state index is 14.4. The Kier molecular flexibility index (Phi) is 8.63. The smallest absolute Gasteiger partial charge is 0.257 e. The number of anilines is 1. The zero-order valence-electron chi connectivity index (χ0n) is 20.5. The van der Waals surface area contributed by atoms with E-state index in [1.54, 1.807) is 49.4 Å². The summed E-state index contributed by atoms with van der Waals surface area (Å²) in [6.07, 6.45) is -0.216. The number of nitrogens with zero attached hydrogens (tertiary/aromatic N) is 2. The number of likely N-dealkylation sites (N-methyl/N-ethyl adjacent to an activating group) is 1. The maximum absolute atomic E-state index is 14.4. The third-order valence-corrected chi connectivity index (χ3v) is 6.23. The predicted octanol–water partition coefficient (Wildman–Crippen LogP) is 3.79. The van der Waals surface area contributed by atoms with Crippen molar-refractivity contribution in [3.63, 3.8) is 0 Å². The average molecular weight is 472 g/mol. The molecule has 0 aliphatic carbocycles. The highest BCUT2D eigenvalue weighted by atomic mass is 19.1. The first-order valence-corrected chi connectivity index (χ1v) is 11.5. The van der Waals surface area contributed by atoms with Crippen LogP contribution in [0.4, 0.5) is 10.1 Å². The van der Waals surface area contributed by atoms with Crippen LogP contribution in [-0.4, -0.2) is 67.6 Å². The Labute approximate surface area is 200 Å². The minimum atomic E-state index is -0.237. The van der Waals surface area contributed by atoms with Crippen molar-refractivity contribution >= 4 is 17.5 Å². The number of amides is 2. The average Bonchev–Trinajstić information content (AvgIpc) is 2.80. The number of hydrogen-bond acceptors (Lipinski definition) is 5. The number of ether oxygens (including phenoxy) is 2. The van der Waals surface area contributed by atoms with Gasteiger partial charge in [-0.15, -0.1) is 0 Å². The third-order valence-electron chi connectivity index (χ3n) is 6.23. The summed E-state index contributed by atoms with van der Waals surface area (Å²) in [7, 11) is 3.36. The van der Waals surface area contributed by atoms with Gasteiger partial charge in [-0.1, -0.05) is 25.1 Å². The largest absolute Gasteiger partial charge is 0.491 e. The van der Waals surface area contributed by atoms with E-state index in [-0.39, 0.29) is 35.7 Å². The van der Waals surface area contributed by atoms with Crippen LogP contribution in [0, 0.1) is 11.7 Å². The molecule has 3 rings (SSSR count). The number of rotatable bonds is 4. The lowest BCUT2D eigenvalue weighted by atomic mass is 10.0. The highest BCUT2D eigenvalue weighted by molar-refractivity contribution is 5.99. The molecule has 0 radical (unpaired) electrons. The number of benzene rings is 2. The molecule has 0 aromatic heterocycles. The fourth-order valence-electron chi connectivity index (χ4n) is 4.20. The van der Waals surface area contributed by atoms with Crippen LogP contribution in [0.3, 0.4) is 0 Å². The van der Waals surface area contributed by atoms with Crippen molar-refractivity contribution in [1.82, 2.24) is 9.80 Å². The molecule has 3 atom stereocenters. The second-order valence-electron chi connectivity index (χ2n) is 9.01. The number of hydrogen-bond donors (Lipinski definition) is 1. The molecule has 0 spiro atoms. The molecular formula is C26H34FN3O4. The Bertz CT molecular complexity index is 1020. The van der Waals surface area contributed by atoms with Crippen molar-refractivity contribution < 1.29 is 23.5 Å². The highest BCUT2D eigenvalue weighted by Crippen LogP contribution is 2.27. The second-order valence-corrected chi connectivity index (χ2v) is 9.01. The Morgan fingerprint density at radius 2 is 1.94 bits per heavy atom. The van der Waals surface area contributed by atoms with Gasteiger partial charge in [0.15, 0.2) is 0 Å². The predicted molar refractivity (Wildman–Crippen MR) is 129 cm³/mol. The van der Waals surface area contributed by atoms with Gasteiger partial charge in [-0.2, -0.15) is 0 Å². The normalized spacial score (nSPS) is 22.2. The van der Waals surface area contributed by atoms with E-state index >= 15 is 0 Å². The molecule has 1 aliphatic rings. The van der Waals surface area contributed by atoms with Crippen molar-refractivity contribution in [1.29, 1.82) is 0 Å². The number of methoxy groups -OCH3 is 1. The number of nitrogens with one attached hydrogen (secondary N) is 1. The number of carbonyl (C=O) groups is 2. The molecule has 1 N–H and O–H groups in total. The van der Waals surface area contributed by atoms with E-state index in [1.807, 2.05) is 13.0 Å². The molecule has 0 unspecified atom stereocenters. The van der Waals surface area contributed by atoms with E-state index < -0.39 is 0 Å². The van der Waals surface area contributed by atoms with Crippen LogP contribution in [-0.2, 0) is 16.1 Å². The molecule has 8 heteroatoms. The van der Waals surface area contributed by atoms with Gasteiger partial charge in [0.05, 0.1) is 11.7 Å². The molecule has 34 heavy (non-hydrogen) atoms. The minimum Gasteiger partial charge on any atom is -0.491 e. The first-order chi connectivity index (χ1) is 16.2. The summed E-state index contributed by atoms with van der Waals surface area (Å²) < 4.78 is 26.3. The van der Waals surface area contributed by atoms with Crippen molar-refractivity contribution in [3.05, 3.63) is 59.4 Å². The molecule has 2 aromatic carbocycles. The van der Waals surface area contributed by atoms with Gasteiger partial charge in [0.1, 0.15) is 18.2 Å². The van der Waals surface area contributed by atoms with Crippen molar-refractivity contribution in [2.75, 3.05) is 39.2 Å². The van der Waals surface area contributed by atoms with Gasteiger partial charge in [0.25, 0.3) is 5.91 Å². The molecule has 7 nitrogen and oxygen atoms in total. The van der Waals surface area contributed by atoms with Crippen LogP contribution in [0.1, 0.15) is 36.7 Å². The van der Waals surface area contributed by atoms with Gasteiger partial charge in [0.2, 0.25) is 5.91 Å². The minimum absolute atomic E-state index is 0.0605. The summed E-state index contributed by atoms with van der Waals surface area (Å²) in [6, 6.07) is 11.8. The van der Waals surface area contributed by atoms with Crippen LogP contribution in [0.2, 0.25) is 0 Å². The summed E-state index contributed by atoms with van der Waals surface area (Å²) in [5.41, 5.74) is 1.51. The molecule has 2 amide bonds. The van der Waals surface area contributed by atoms with Gasteiger partial charge in [-0.05, 0) is 37.1 Å². The molecule has 0 saturated heterocycles. The van der Waals surface area contributed by atoms with Gasteiger partial charge >= 0.3 is 0 Å². The Morgan fingerprint density at radius 1 is 1.21 bits per heavy atom. The quantitative estimate of drug-likeness (QED) is 0.735. The van der Waals surface area contributed by atoms with Gasteiger partial charge in [-0.3, -0.25) is 14.5 Å². The second kappa shape index (κ2) is 11.4. The number of carbonyl (C=O) groups excluding carboxylic acids is 2. The first kappa shape index (κ1) is 25.6. The monoisotopic (exact) mass is 471 g/mol. The van der Waals surface area contributed by atoms with E-state index in [1.165, 1.54) is 13.0 Å². The molecule has 184 valence electrons. The van der Waals surface area contributed by atoms with Gasteiger partial charge in [0, 0.05) is 58.0 Å². The summed E-state index contributed by atoms with van der Waals surface area (Å²) in [5.74, 6) is -0.169. The first-order valence-electron chi connectivity index (χ1n) is 11.5. The molecule has 0 bridgehead atoms. The Hall–Kier alpha value is -2.97. The van der Waals surface area contributed by atoms with Crippen molar-refractivity contribution in [2.24, 2.45) is 5.92 Å². The third kappa shape index (κ3) is 6.33. The molecular weight excluding hydrogens is 437 g/mol. The fraction of sp³-hybridized carbons (Fsp3) is 0.462. The van der Waals surface area contributed by atoms with Crippen LogP contribution in [0.5, 0.6) is 5.75 Å². The van der Waals surface area contributed by atoms with E-state index in [0.29, 0.717) is 48.8 Å². The SMILES string of the molecule is CO[C@H]1CN(C)C(=O)c2cc(NC(C)=O)ccc2OC[C@H](C)N(Cc2ccccc2F)C[C@H]1C. The van der Waals surface area contributed by atoms with E-state index in [4.69, 9.17) is 9.47 Å². The zero-order chi connectivity index (χ0) is 24.8. The van der Waals surface area contributed by atoms with Gasteiger partial charge < -0.3 is 19.7 Å². The summed E-state index contributed by atoms with van der Waals surface area (Å²) in [6.45, 7) is 7.28. The maximum Gasteiger partial charge on any atom is 0.257 e. The molecule has 0 saturated carbocycles. The van der Waals surface area contributed by atoms with E-state index in [0.717, 1.165) is 0 Å². The number of halogens is 1. The lowest BCUT2D eigenvalue weighted by Gasteiger charge is -2.36. The lowest BCUT2D eigenvalue weighted by molar-refractivity contribution is -0.114. The molecule has 1 heterocycles. The standard InChI is InChI=1S/C26H34FN3O4/c1-17-13-30(14-20-8-6-7-9-23(20)27)18(2)16-34-24-11-10-21(28-19(3)31)12-22(24)26(32)29(4)15-25(17)33-5/h6-12,17-18,25H,13-16H2,1-5H3,(H,28,31)/t17-,18+,25+/m1/s1. The van der Waals surface area contributed by atoms with Crippen LogP contribution in [0.15, 0.2) is 42.5 Å². The lowest BCUT2D eigenvalue weighted by Crippen LogP contribution is -2.46. The molecule has 1 aliphatic heterocycles. The van der Waals surface area contributed by atoms with Crippen molar-refractivity contribution in [2.45, 2.75) is 39.5 Å². The number of fused-ring (bicyclic) bond motifs is 1. The Balaban J connectivity index is 1.95.